The summed E-state index contributed by atoms with van der Waals surface area (Å²) < 4.78 is 38.6. The summed E-state index contributed by atoms with van der Waals surface area (Å²) in [5.74, 6) is -0.859. The Morgan fingerprint density at radius 1 is 1.18 bits per heavy atom. The van der Waals surface area contributed by atoms with Crippen LogP contribution in [-0.2, 0) is 11.0 Å². The van der Waals surface area contributed by atoms with Gasteiger partial charge in [0.05, 0.1) is 18.0 Å². The van der Waals surface area contributed by atoms with Crippen LogP contribution in [0, 0.1) is 5.92 Å². The lowest BCUT2D eigenvalue weighted by molar-refractivity contribution is -0.138. The molecule has 1 aromatic heterocycles. The molecule has 0 aliphatic heterocycles. The van der Waals surface area contributed by atoms with E-state index in [1.54, 1.807) is 44.5 Å². The molecule has 1 aliphatic carbocycles. The zero-order valence-corrected chi connectivity index (χ0v) is 22.0. The maximum Gasteiger partial charge on any atom is 0.417 e. The molecule has 4 N–H and O–H groups in total. The number of hydrogen-bond acceptors (Lipinski definition) is 6. The summed E-state index contributed by atoms with van der Waals surface area (Å²) in [4.78, 5) is 33.0. The molecule has 1 aromatic carbocycles. The number of hydrogen-bond donors (Lipinski definition) is 3. The maximum atomic E-state index is 12.9. The number of aliphatic imine (C=N–C) groups is 1. The molecule has 1 atom stereocenters. The number of rotatable bonds is 10. The van der Waals surface area contributed by atoms with Crippen molar-refractivity contribution in [3.05, 3.63) is 65.0 Å². The minimum atomic E-state index is -4.47. The summed E-state index contributed by atoms with van der Waals surface area (Å²) in [6.45, 7) is 1.86. The highest BCUT2D eigenvalue weighted by Crippen LogP contribution is 2.33. The van der Waals surface area contributed by atoms with Crippen LogP contribution in [0.25, 0.3) is 0 Å². The minimum Gasteiger partial charge on any atom is -0.481 e. The Kier molecular flexibility index (Phi) is 10.1. The highest BCUT2D eigenvalue weighted by atomic mass is 19.4. The summed E-state index contributed by atoms with van der Waals surface area (Å²) in [7, 11) is 1.56. The lowest BCUT2D eigenvalue weighted by Gasteiger charge is -2.33. The van der Waals surface area contributed by atoms with Crippen molar-refractivity contribution in [3.63, 3.8) is 0 Å². The molecule has 39 heavy (non-hydrogen) atoms. The van der Waals surface area contributed by atoms with E-state index in [2.05, 4.69) is 15.3 Å². The normalized spacial score (nSPS) is 16.0. The topological polar surface area (TPSA) is 121 Å². The van der Waals surface area contributed by atoms with E-state index in [4.69, 9.17) is 10.8 Å². The van der Waals surface area contributed by atoms with Crippen molar-refractivity contribution in [2.45, 2.75) is 57.7 Å². The minimum absolute atomic E-state index is 0.106. The molecule has 1 unspecified atom stereocenters. The SMILES string of the molecule is CC(N)=C(C=Nc1ccc(C(F)(F)F)cn1)C(Nc1ccc(C(=O)N(C)CCC(=O)O)cc1)C1CCCCC1. The van der Waals surface area contributed by atoms with Crippen LogP contribution in [0.4, 0.5) is 24.7 Å². The van der Waals surface area contributed by atoms with Crippen molar-refractivity contribution in [1.29, 1.82) is 0 Å². The maximum absolute atomic E-state index is 12.9. The molecule has 11 heteroatoms. The predicted octanol–water partition coefficient (Wildman–Crippen LogP) is 5.64. The molecule has 2 aromatic rings. The van der Waals surface area contributed by atoms with Gasteiger partial charge >= 0.3 is 12.1 Å². The van der Waals surface area contributed by atoms with Crippen LogP contribution in [-0.4, -0.2) is 52.7 Å². The molecule has 1 amide bonds. The highest BCUT2D eigenvalue weighted by Gasteiger charge is 2.31. The number of nitrogens with zero attached hydrogens (tertiary/aromatic N) is 3. The number of anilines is 1. The van der Waals surface area contributed by atoms with Gasteiger partial charge in [-0.3, -0.25) is 9.59 Å². The first-order chi connectivity index (χ1) is 18.5. The number of carboxylic acids is 1. The van der Waals surface area contributed by atoms with Gasteiger partial charge in [-0.1, -0.05) is 19.3 Å². The van der Waals surface area contributed by atoms with Gasteiger partial charge in [0.25, 0.3) is 5.91 Å². The Morgan fingerprint density at radius 2 is 1.85 bits per heavy atom. The number of nitrogens with two attached hydrogens (primary N) is 1. The highest BCUT2D eigenvalue weighted by molar-refractivity contribution is 5.94. The van der Waals surface area contributed by atoms with Gasteiger partial charge in [0.1, 0.15) is 0 Å². The largest absolute Gasteiger partial charge is 0.481 e. The van der Waals surface area contributed by atoms with Crippen molar-refractivity contribution < 1.29 is 27.9 Å². The summed E-state index contributed by atoms with van der Waals surface area (Å²) >= 11 is 0. The number of pyridine rings is 1. The van der Waals surface area contributed by atoms with Crippen LogP contribution in [0.15, 0.2) is 58.9 Å². The van der Waals surface area contributed by atoms with Crippen molar-refractivity contribution in [2.75, 3.05) is 18.9 Å². The zero-order valence-electron chi connectivity index (χ0n) is 22.0. The van der Waals surface area contributed by atoms with Crippen LogP contribution < -0.4 is 11.1 Å². The van der Waals surface area contributed by atoms with Gasteiger partial charge in [0.15, 0.2) is 5.82 Å². The molecule has 8 nitrogen and oxygen atoms in total. The van der Waals surface area contributed by atoms with E-state index < -0.39 is 17.7 Å². The van der Waals surface area contributed by atoms with Crippen LogP contribution in [0.3, 0.4) is 0 Å². The van der Waals surface area contributed by atoms with Crippen molar-refractivity contribution >= 4 is 29.6 Å². The van der Waals surface area contributed by atoms with Gasteiger partial charge in [0, 0.05) is 48.5 Å². The first-order valence-corrected chi connectivity index (χ1v) is 12.8. The molecule has 210 valence electrons. The van der Waals surface area contributed by atoms with E-state index in [0.717, 1.165) is 55.6 Å². The van der Waals surface area contributed by atoms with Gasteiger partial charge < -0.3 is 21.1 Å². The number of carbonyl (C=O) groups excluding carboxylic acids is 1. The number of benzene rings is 1. The Hall–Kier alpha value is -3.89. The molecule has 1 fully saturated rings. The third-order valence-corrected chi connectivity index (χ3v) is 6.78. The quantitative estimate of drug-likeness (QED) is 0.332. The third-order valence-electron chi connectivity index (χ3n) is 6.78. The lowest BCUT2D eigenvalue weighted by Crippen LogP contribution is -2.34. The van der Waals surface area contributed by atoms with Gasteiger partial charge in [-0.15, -0.1) is 0 Å². The zero-order chi connectivity index (χ0) is 28.6. The summed E-state index contributed by atoms with van der Waals surface area (Å²) in [5.41, 5.74) is 7.87. The molecule has 0 bridgehead atoms. The second kappa shape index (κ2) is 13.3. The molecule has 1 heterocycles. The lowest BCUT2D eigenvalue weighted by atomic mass is 9.80. The van der Waals surface area contributed by atoms with Crippen LogP contribution in [0.1, 0.15) is 61.4 Å². The van der Waals surface area contributed by atoms with Crippen LogP contribution >= 0.6 is 0 Å². The third kappa shape index (κ3) is 8.56. The van der Waals surface area contributed by atoms with Gasteiger partial charge in [0.2, 0.25) is 0 Å². The molecular weight excluding hydrogens is 511 g/mol. The molecule has 1 saturated carbocycles. The number of carbonyl (C=O) groups is 2. The van der Waals surface area contributed by atoms with Gasteiger partial charge in [-0.05, 0) is 62.1 Å². The van der Waals surface area contributed by atoms with Crippen LogP contribution in [0.5, 0.6) is 0 Å². The van der Waals surface area contributed by atoms with E-state index in [1.165, 1.54) is 11.0 Å². The summed E-state index contributed by atoms with van der Waals surface area (Å²) in [5, 5.41) is 12.4. The van der Waals surface area contributed by atoms with Crippen LogP contribution in [0.2, 0.25) is 0 Å². The van der Waals surface area contributed by atoms with Crippen molar-refractivity contribution in [3.8, 4) is 0 Å². The molecule has 3 rings (SSSR count). The molecule has 0 radical (unpaired) electrons. The number of halogens is 3. The van der Waals surface area contributed by atoms with E-state index in [9.17, 15) is 22.8 Å². The second-order valence-electron chi connectivity index (χ2n) is 9.77. The Morgan fingerprint density at radius 3 is 2.38 bits per heavy atom. The number of amides is 1. The fraction of sp³-hybridized carbons (Fsp3) is 0.429. The van der Waals surface area contributed by atoms with E-state index in [0.29, 0.717) is 11.3 Å². The molecular formula is C28H34F3N5O3. The van der Waals surface area contributed by atoms with Crippen molar-refractivity contribution in [1.82, 2.24) is 9.88 Å². The fourth-order valence-electron chi connectivity index (χ4n) is 4.58. The molecule has 0 spiro atoms. The van der Waals surface area contributed by atoms with Gasteiger partial charge in [-0.25, -0.2) is 9.98 Å². The standard InChI is InChI=1S/C28H34F3N5O3/c1-18(32)23(17-34-24-13-10-21(16-33-24)28(29,30)31)26(19-6-4-3-5-7-19)35-22-11-8-20(9-12-22)27(39)36(2)15-14-25(37)38/h8-13,16-17,19,26,35H,3-7,14-15,32H2,1-2H3,(H,37,38). The number of carboxylic acid groups (broad SMARTS) is 1. The molecule has 1 aliphatic rings. The fourth-order valence-corrected chi connectivity index (χ4v) is 4.58. The number of alkyl halides is 3. The first-order valence-electron chi connectivity index (χ1n) is 12.8. The van der Waals surface area contributed by atoms with E-state index in [-0.39, 0.29) is 36.7 Å². The van der Waals surface area contributed by atoms with Gasteiger partial charge in [-0.2, -0.15) is 13.2 Å². The number of allylic oxidation sites excluding steroid dienone is 1. The number of aliphatic carboxylic acids is 1. The Bertz CT molecular complexity index is 1180. The monoisotopic (exact) mass is 545 g/mol. The smallest absolute Gasteiger partial charge is 0.417 e. The summed E-state index contributed by atoms with van der Waals surface area (Å²) in [6, 6.07) is 8.87. The second-order valence-corrected chi connectivity index (χ2v) is 9.77. The van der Waals surface area contributed by atoms with Crippen molar-refractivity contribution in [2.24, 2.45) is 16.6 Å². The predicted molar refractivity (Wildman–Crippen MR) is 144 cm³/mol. The Balaban J connectivity index is 1.81. The molecule has 0 saturated heterocycles. The number of aromatic nitrogens is 1. The average molecular weight is 546 g/mol. The first kappa shape index (κ1) is 29.7. The van der Waals surface area contributed by atoms with E-state index >= 15 is 0 Å². The average Bonchev–Trinajstić information content (AvgIpc) is 2.91. The van der Waals surface area contributed by atoms with E-state index in [1.807, 2.05) is 0 Å². The Labute approximate surface area is 225 Å². The summed E-state index contributed by atoms with van der Waals surface area (Å²) in [6.07, 6.45) is 2.97. The number of nitrogens with one attached hydrogen (secondary N) is 1.